The lowest BCUT2D eigenvalue weighted by Crippen LogP contribution is -2.47. The van der Waals surface area contributed by atoms with Crippen LogP contribution in [-0.2, 0) is 17.6 Å². The van der Waals surface area contributed by atoms with Crippen molar-refractivity contribution in [2.75, 3.05) is 7.05 Å². The molecular formula is C28H36N4O4. The van der Waals surface area contributed by atoms with Gasteiger partial charge in [-0.05, 0) is 51.2 Å². The topological polar surface area (TPSA) is 116 Å². The Kier molecular flexibility index (Phi) is 9.25. The second kappa shape index (κ2) is 12.4. The van der Waals surface area contributed by atoms with Gasteiger partial charge in [0.15, 0.2) is 0 Å². The third kappa shape index (κ3) is 8.23. The van der Waals surface area contributed by atoms with E-state index < -0.39 is 23.8 Å². The van der Waals surface area contributed by atoms with Crippen LogP contribution in [0.2, 0.25) is 0 Å². The van der Waals surface area contributed by atoms with Crippen molar-refractivity contribution in [3.05, 3.63) is 89.5 Å². The first kappa shape index (κ1) is 26.9. The molecule has 0 fully saturated rings. The summed E-state index contributed by atoms with van der Waals surface area (Å²) in [7, 11) is 1.56. The van der Waals surface area contributed by atoms with Gasteiger partial charge in [-0.25, -0.2) is 9.78 Å². The van der Waals surface area contributed by atoms with Gasteiger partial charge in [-0.15, -0.1) is 0 Å². The molecule has 3 rings (SSSR count). The number of nitrogens with zero attached hydrogens (tertiary/aromatic N) is 1. The fourth-order valence-corrected chi connectivity index (χ4v) is 4.05. The van der Waals surface area contributed by atoms with Crippen LogP contribution in [0.4, 0.5) is 4.79 Å². The smallest absolute Gasteiger partial charge is 0.407 e. The molecule has 3 aromatic rings. The lowest BCUT2D eigenvalue weighted by Gasteiger charge is -2.29. The Labute approximate surface area is 212 Å². The summed E-state index contributed by atoms with van der Waals surface area (Å²) in [5.41, 5.74) is 1.75. The van der Waals surface area contributed by atoms with Crippen LogP contribution in [0.25, 0.3) is 0 Å². The Balaban J connectivity index is 1.84. The summed E-state index contributed by atoms with van der Waals surface area (Å²) in [5.74, 6) is 0.119. The normalized spacial score (nSPS) is 13.9. The predicted molar refractivity (Wildman–Crippen MR) is 139 cm³/mol. The molecule has 36 heavy (non-hydrogen) atoms. The lowest BCUT2D eigenvalue weighted by molar-refractivity contribution is 0.0404. The van der Waals surface area contributed by atoms with Gasteiger partial charge in [0.25, 0.3) is 5.91 Å². The second-order valence-corrected chi connectivity index (χ2v) is 9.89. The molecule has 0 unspecified atom stereocenters. The van der Waals surface area contributed by atoms with Gasteiger partial charge in [0.2, 0.25) is 0 Å². The van der Waals surface area contributed by atoms with Crippen LogP contribution >= 0.6 is 0 Å². The number of hydrogen-bond donors (Lipinski definition) is 4. The third-order valence-electron chi connectivity index (χ3n) is 5.77. The molecule has 0 bridgehead atoms. The fourth-order valence-electron chi connectivity index (χ4n) is 4.05. The molecule has 0 aliphatic heterocycles. The maximum Gasteiger partial charge on any atom is 0.407 e. The molecule has 8 nitrogen and oxygen atoms in total. The predicted octanol–water partition coefficient (Wildman–Crippen LogP) is 3.98. The van der Waals surface area contributed by atoms with Crippen molar-refractivity contribution in [1.82, 2.24) is 20.6 Å². The molecule has 8 heteroatoms. The van der Waals surface area contributed by atoms with Crippen LogP contribution in [0, 0.1) is 0 Å². The molecule has 1 heterocycles. The largest absolute Gasteiger partial charge is 0.444 e. The summed E-state index contributed by atoms with van der Waals surface area (Å²) in [4.78, 5) is 32.2. The van der Waals surface area contributed by atoms with E-state index in [-0.39, 0.29) is 11.8 Å². The summed E-state index contributed by atoms with van der Waals surface area (Å²) in [6.07, 6.45) is 1.35. The number of aliphatic hydroxyl groups excluding tert-OH is 1. The molecule has 0 aliphatic carbocycles. The Bertz CT molecular complexity index is 1110. The average Bonchev–Trinajstić information content (AvgIpc) is 3.33. The molecule has 2 aromatic carbocycles. The van der Waals surface area contributed by atoms with Gasteiger partial charge in [-0.1, -0.05) is 60.7 Å². The second-order valence-electron chi connectivity index (χ2n) is 9.89. The number of carbonyl (C=O) groups excluding carboxylic acids is 2. The van der Waals surface area contributed by atoms with E-state index in [9.17, 15) is 14.7 Å². The number of ether oxygens (including phenoxy) is 1. The van der Waals surface area contributed by atoms with Crippen LogP contribution in [0.3, 0.4) is 0 Å². The van der Waals surface area contributed by atoms with Crippen molar-refractivity contribution < 1.29 is 19.4 Å². The Hall–Kier alpha value is -3.65. The number of imidazole rings is 1. The van der Waals surface area contributed by atoms with Gasteiger partial charge >= 0.3 is 6.09 Å². The number of aromatic nitrogens is 2. The van der Waals surface area contributed by atoms with Gasteiger partial charge in [0.05, 0.1) is 18.3 Å². The van der Waals surface area contributed by atoms with Crippen LogP contribution in [0.15, 0.2) is 66.9 Å². The molecule has 0 spiro atoms. The first-order valence-electron chi connectivity index (χ1n) is 12.2. The van der Waals surface area contributed by atoms with Crippen LogP contribution < -0.4 is 10.6 Å². The van der Waals surface area contributed by atoms with Gasteiger partial charge in [-0.3, -0.25) is 4.79 Å². The molecule has 0 aliphatic rings. The van der Waals surface area contributed by atoms with E-state index in [1.165, 1.54) is 6.20 Å². The summed E-state index contributed by atoms with van der Waals surface area (Å²) in [6, 6.07) is 19.0. The summed E-state index contributed by atoms with van der Waals surface area (Å²) >= 11 is 0. The third-order valence-corrected chi connectivity index (χ3v) is 5.77. The molecule has 0 radical (unpaired) electrons. The number of amides is 2. The highest BCUT2D eigenvalue weighted by atomic mass is 16.6. The number of alkyl carbamates (subject to hydrolysis) is 1. The van der Waals surface area contributed by atoms with Crippen LogP contribution in [0.5, 0.6) is 0 Å². The number of aromatic amines is 1. The number of rotatable bonds is 10. The highest BCUT2D eigenvalue weighted by molar-refractivity contribution is 5.91. The quantitative estimate of drug-likeness (QED) is 0.342. The van der Waals surface area contributed by atoms with E-state index in [0.29, 0.717) is 30.8 Å². The molecule has 3 atom stereocenters. The number of carbonyl (C=O) groups is 2. The molecule has 0 saturated heterocycles. The monoisotopic (exact) mass is 492 g/mol. The molecule has 2 amide bonds. The van der Waals surface area contributed by atoms with Crippen molar-refractivity contribution >= 4 is 12.0 Å². The van der Waals surface area contributed by atoms with E-state index in [1.807, 2.05) is 60.7 Å². The number of benzene rings is 2. The fraction of sp³-hybridized carbons (Fsp3) is 0.393. The van der Waals surface area contributed by atoms with E-state index in [1.54, 1.807) is 27.8 Å². The van der Waals surface area contributed by atoms with Crippen LogP contribution in [-0.4, -0.2) is 51.9 Å². The average molecular weight is 493 g/mol. The maximum absolute atomic E-state index is 12.6. The molecular weight excluding hydrogens is 456 g/mol. The van der Waals surface area contributed by atoms with Crippen molar-refractivity contribution in [3.8, 4) is 0 Å². The number of hydrogen-bond acceptors (Lipinski definition) is 5. The van der Waals surface area contributed by atoms with E-state index in [2.05, 4.69) is 20.6 Å². The number of nitrogens with one attached hydrogen (secondary N) is 3. The molecule has 4 N–H and O–H groups in total. The zero-order chi connectivity index (χ0) is 26.1. The summed E-state index contributed by atoms with van der Waals surface area (Å²) < 4.78 is 5.46. The van der Waals surface area contributed by atoms with Crippen molar-refractivity contribution in [1.29, 1.82) is 0 Å². The zero-order valence-corrected chi connectivity index (χ0v) is 21.3. The van der Waals surface area contributed by atoms with E-state index in [4.69, 9.17) is 4.74 Å². The number of H-pyrrole nitrogens is 1. The van der Waals surface area contributed by atoms with Gasteiger partial charge in [0, 0.05) is 13.0 Å². The number of aliphatic hydroxyl groups is 1. The summed E-state index contributed by atoms with van der Waals surface area (Å²) in [6.45, 7) is 5.39. The molecule has 1 aromatic heterocycles. The Morgan fingerprint density at radius 3 is 2.14 bits per heavy atom. The van der Waals surface area contributed by atoms with Crippen molar-refractivity contribution in [2.24, 2.45) is 0 Å². The first-order valence-corrected chi connectivity index (χ1v) is 12.2. The molecule has 0 saturated carbocycles. The summed E-state index contributed by atoms with van der Waals surface area (Å²) in [5, 5.41) is 16.9. The van der Waals surface area contributed by atoms with E-state index >= 15 is 0 Å². The minimum absolute atomic E-state index is 0.223. The standard InChI is InChI=1S/C28H36N4O4/c1-28(2,3)36-27(35)32-22(16-20-13-9-6-10-14-20)24(33)17-21(15-19-11-7-5-8-12-19)25-30-18-23(31-25)26(34)29-4/h5-14,18,21-22,24,33H,15-17H2,1-4H3,(H,29,34)(H,30,31)(H,32,35)/t21-,22+,24+/m1/s1. The van der Waals surface area contributed by atoms with Crippen molar-refractivity contribution in [3.63, 3.8) is 0 Å². The highest BCUT2D eigenvalue weighted by Gasteiger charge is 2.29. The lowest BCUT2D eigenvalue weighted by atomic mass is 9.89. The van der Waals surface area contributed by atoms with Gasteiger partial charge < -0.3 is 25.5 Å². The van der Waals surface area contributed by atoms with E-state index in [0.717, 1.165) is 11.1 Å². The Morgan fingerprint density at radius 1 is 1.00 bits per heavy atom. The van der Waals surface area contributed by atoms with Gasteiger partial charge in [-0.2, -0.15) is 0 Å². The Morgan fingerprint density at radius 2 is 1.58 bits per heavy atom. The zero-order valence-electron chi connectivity index (χ0n) is 21.3. The maximum atomic E-state index is 12.6. The minimum atomic E-state index is -0.903. The molecule has 192 valence electrons. The SMILES string of the molecule is CNC(=O)c1cnc([C@H](Cc2ccccc2)C[C@H](O)[C@H](Cc2ccccc2)NC(=O)OC(C)(C)C)[nH]1. The van der Waals surface area contributed by atoms with Gasteiger partial charge in [0.1, 0.15) is 17.1 Å². The minimum Gasteiger partial charge on any atom is -0.444 e. The first-order chi connectivity index (χ1) is 17.1. The van der Waals surface area contributed by atoms with Crippen molar-refractivity contribution in [2.45, 2.75) is 63.7 Å². The highest BCUT2D eigenvalue weighted by Crippen LogP contribution is 2.26. The van der Waals surface area contributed by atoms with Crippen LogP contribution in [0.1, 0.15) is 60.5 Å².